The number of thioether (sulfide) groups is 1. The van der Waals surface area contributed by atoms with Crippen molar-refractivity contribution in [2.75, 3.05) is 11.1 Å². The minimum atomic E-state index is -0.264. The van der Waals surface area contributed by atoms with Gasteiger partial charge in [0, 0.05) is 5.39 Å². The summed E-state index contributed by atoms with van der Waals surface area (Å²) in [7, 11) is 0. The summed E-state index contributed by atoms with van der Waals surface area (Å²) in [5, 5.41) is 27.0. The number of benzene rings is 2. The van der Waals surface area contributed by atoms with Gasteiger partial charge in [0.05, 0.1) is 23.2 Å². The quantitative estimate of drug-likeness (QED) is 0.379. The summed E-state index contributed by atoms with van der Waals surface area (Å²) in [5.41, 5.74) is 6.29. The number of hydrogen-bond acceptors (Lipinski definition) is 6. The number of pyridine rings is 1. The van der Waals surface area contributed by atoms with Crippen LogP contribution in [0.5, 0.6) is 0 Å². The van der Waals surface area contributed by atoms with Crippen LogP contribution in [0.2, 0.25) is 0 Å². The number of anilines is 1. The molecule has 1 amide bonds. The molecule has 0 aliphatic rings. The van der Waals surface area contributed by atoms with Crippen molar-refractivity contribution in [2.45, 2.75) is 25.9 Å². The molecule has 9 heteroatoms. The number of para-hydroxylation sites is 1. The smallest absolute Gasteiger partial charge is 0.236 e. The fourth-order valence-electron chi connectivity index (χ4n) is 4.12. The van der Waals surface area contributed by atoms with Gasteiger partial charge in [0.1, 0.15) is 11.6 Å². The average molecular weight is 468 g/mol. The molecule has 0 atom stereocenters. The third kappa shape index (κ3) is 3.78. The molecule has 0 fully saturated rings. The molecule has 168 valence electrons. The first-order valence-corrected chi connectivity index (χ1v) is 11.7. The summed E-state index contributed by atoms with van der Waals surface area (Å²) in [6.07, 6.45) is 1.45. The Hall–Kier alpha value is -4.16. The molecule has 0 unspecified atom stereocenters. The minimum Gasteiger partial charge on any atom is -0.309 e. The van der Waals surface area contributed by atoms with Gasteiger partial charge < -0.3 is 5.32 Å². The number of nitrogens with zero attached hydrogens (tertiary/aromatic N) is 6. The van der Waals surface area contributed by atoms with E-state index in [-0.39, 0.29) is 11.7 Å². The molecule has 0 aliphatic heterocycles. The Bertz CT molecular complexity index is 1600. The Morgan fingerprint density at radius 1 is 1.09 bits per heavy atom. The number of carbonyl (C=O) groups is 1. The fourth-order valence-corrected chi connectivity index (χ4v) is 4.87. The van der Waals surface area contributed by atoms with E-state index >= 15 is 0 Å². The number of hydrogen-bond donors (Lipinski definition) is 1. The lowest BCUT2D eigenvalue weighted by Crippen LogP contribution is -2.18. The number of aromatic nitrogens is 5. The zero-order valence-corrected chi connectivity index (χ0v) is 19.7. The van der Waals surface area contributed by atoms with Gasteiger partial charge in [-0.15, -0.1) is 10.2 Å². The van der Waals surface area contributed by atoms with Crippen LogP contribution >= 0.6 is 11.8 Å². The van der Waals surface area contributed by atoms with Gasteiger partial charge in [-0.05, 0) is 56.2 Å². The second kappa shape index (κ2) is 8.65. The van der Waals surface area contributed by atoms with Gasteiger partial charge in [-0.25, -0.2) is 4.68 Å². The first-order valence-electron chi connectivity index (χ1n) is 10.7. The van der Waals surface area contributed by atoms with Crippen molar-refractivity contribution in [1.82, 2.24) is 24.4 Å². The Morgan fingerprint density at radius 2 is 1.88 bits per heavy atom. The Kier molecular flexibility index (Phi) is 5.51. The molecule has 1 N–H and O–H groups in total. The van der Waals surface area contributed by atoms with Crippen molar-refractivity contribution >= 4 is 40.0 Å². The number of nitrogens with one attached hydrogen (secondary N) is 1. The molecule has 0 spiro atoms. The summed E-state index contributed by atoms with van der Waals surface area (Å²) in [6.45, 7) is 6.22. The standard InChI is InChI=1S/C25H21N7OS/c1-15-9-17(3)23-20(10-15)16(2)11-21-29-30-25(31(21)23)34-14-22(33)28-24-18(12-26)13-27-32(24)19-7-5-4-6-8-19/h4-11,13H,14H2,1-3H3,(H,28,33). The van der Waals surface area contributed by atoms with Crippen molar-refractivity contribution in [1.29, 1.82) is 5.26 Å². The van der Waals surface area contributed by atoms with Crippen molar-refractivity contribution in [3.63, 3.8) is 0 Å². The normalized spacial score (nSPS) is 11.1. The summed E-state index contributed by atoms with van der Waals surface area (Å²) >= 11 is 1.30. The maximum absolute atomic E-state index is 12.9. The fraction of sp³-hybridized carbons (Fsp3) is 0.160. The first-order chi connectivity index (χ1) is 16.5. The van der Waals surface area contributed by atoms with Gasteiger partial charge in [0.25, 0.3) is 0 Å². The van der Waals surface area contributed by atoms with Crippen LogP contribution in [0.4, 0.5) is 5.82 Å². The first kappa shape index (κ1) is 21.7. The monoisotopic (exact) mass is 467 g/mol. The Labute approximate surface area is 200 Å². The molecule has 5 aromatic rings. The van der Waals surface area contributed by atoms with E-state index in [9.17, 15) is 10.1 Å². The van der Waals surface area contributed by atoms with Crippen LogP contribution in [0, 0.1) is 32.1 Å². The molecule has 0 aliphatic carbocycles. The summed E-state index contributed by atoms with van der Waals surface area (Å²) in [6, 6.07) is 17.7. The molecule has 0 radical (unpaired) electrons. The van der Waals surface area contributed by atoms with Crippen molar-refractivity contribution in [2.24, 2.45) is 0 Å². The van der Waals surface area contributed by atoms with Gasteiger partial charge in [0.2, 0.25) is 5.91 Å². The third-order valence-corrected chi connectivity index (χ3v) is 6.51. The predicted molar refractivity (Wildman–Crippen MR) is 132 cm³/mol. The van der Waals surface area contributed by atoms with E-state index in [4.69, 9.17) is 0 Å². The van der Waals surface area contributed by atoms with Gasteiger partial charge >= 0.3 is 0 Å². The number of amides is 1. The third-order valence-electron chi connectivity index (χ3n) is 5.58. The summed E-state index contributed by atoms with van der Waals surface area (Å²) in [5.74, 6) is 0.184. The topological polar surface area (TPSA) is 101 Å². The van der Waals surface area contributed by atoms with Crippen LogP contribution in [0.3, 0.4) is 0 Å². The molecular formula is C25H21N7OS. The zero-order chi connectivity index (χ0) is 23.8. The molecule has 0 saturated heterocycles. The molecule has 3 aromatic heterocycles. The number of carbonyl (C=O) groups excluding carboxylic acids is 1. The highest BCUT2D eigenvalue weighted by Crippen LogP contribution is 2.29. The van der Waals surface area contributed by atoms with E-state index < -0.39 is 0 Å². The molecule has 2 aromatic carbocycles. The largest absolute Gasteiger partial charge is 0.309 e. The highest BCUT2D eigenvalue weighted by atomic mass is 32.2. The number of aryl methyl sites for hydroxylation is 3. The Balaban J connectivity index is 1.44. The van der Waals surface area contributed by atoms with Crippen molar-refractivity contribution < 1.29 is 4.79 Å². The lowest BCUT2D eigenvalue weighted by atomic mass is 10.0. The summed E-state index contributed by atoms with van der Waals surface area (Å²) in [4.78, 5) is 12.9. The van der Waals surface area contributed by atoms with E-state index in [2.05, 4.69) is 59.6 Å². The van der Waals surface area contributed by atoms with E-state index in [1.54, 1.807) is 4.68 Å². The maximum Gasteiger partial charge on any atom is 0.236 e. The van der Waals surface area contributed by atoms with Crippen LogP contribution in [-0.2, 0) is 4.79 Å². The van der Waals surface area contributed by atoms with Gasteiger partial charge in [-0.1, -0.05) is 41.6 Å². The molecule has 0 saturated carbocycles. The molecule has 0 bridgehead atoms. The van der Waals surface area contributed by atoms with Gasteiger partial charge in [-0.2, -0.15) is 10.4 Å². The van der Waals surface area contributed by atoms with E-state index in [0.717, 1.165) is 33.4 Å². The highest BCUT2D eigenvalue weighted by Gasteiger charge is 2.18. The maximum atomic E-state index is 12.9. The molecule has 8 nitrogen and oxygen atoms in total. The summed E-state index contributed by atoms with van der Waals surface area (Å²) < 4.78 is 3.56. The highest BCUT2D eigenvalue weighted by molar-refractivity contribution is 7.99. The van der Waals surface area contributed by atoms with E-state index in [0.29, 0.717) is 16.5 Å². The van der Waals surface area contributed by atoms with Crippen LogP contribution in [0.25, 0.3) is 22.2 Å². The minimum absolute atomic E-state index is 0.103. The van der Waals surface area contributed by atoms with Gasteiger partial charge in [0.15, 0.2) is 16.6 Å². The lowest BCUT2D eigenvalue weighted by molar-refractivity contribution is -0.113. The number of nitriles is 1. The van der Waals surface area contributed by atoms with Gasteiger partial charge in [-0.3, -0.25) is 9.20 Å². The SMILES string of the molecule is Cc1cc(C)c2c(c1)c(C)cc1nnc(SCC(=O)Nc3c(C#N)cnn3-c3ccccc3)n12. The number of fused-ring (bicyclic) bond motifs is 3. The van der Waals surface area contributed by atoms with Crippen molar-refractivity contribution in [3.05, 3.63) is 77.0 Å². The van der Waals surface area contributed by atoms with Crippen LogP contribution in [-0.4, -0.2) is 36.0 Å². The predicted octanol–water partition coefficient (Wildman–Crippen LogP) is 4.60. The zero-order valence-electron chi connectivity index (χ0n) is 18.9. The van der Waals surface area contributed by atoms with E-state index in [1.807, 2.05) is 40.8 Å². The van der Waals surface area contributed by atoms with Crippen LogP contribution in [0.15, 0.2) is 59.9 Å². The second-order valence-electron chi connectivity index (χ2n) is 8.08. The number of rotatable bonds is 5. The Morgan fingerprint density at radius 3 is 2.65 bits per heavy atom. The van der Waals surface area contributed by atoms with E-state index in [1.165, 1.54) is 23.5 Å². The lowest BCUT2D eigenvalue weighted by Gasteiger charge is -2.12. The second-order valence-corrected chi connectivity index (χ2v) is 9.03. The molecule has 34 heavy (non-hydrogen) atoms. The molecule has 5 rings (SSSR count). The molecular weight excluding hydrogens is 446 g/mol. The van der Waals surface area contributed by atoms with Crippen LogP contribution < -0.4 is 5.32 Å². The molecule has 3 heterocycles. The van der Waals surface area contributed by atoms with Crippen molar-refractivity contribution in [3.8, 4) is 11.8 Å². The average Bonchev–Trinajstić information content (AvgIpc) is 3.41. The van der Waals surface area contributed by atoms with Crippen LogP contribution in [0.1, 0.15) is 22.3 Å².